The minimum absolute atomic E-state index is 0.210. The van der Waals surface area contributed by atoms with Gasteiger partial charge in [-0.15, -0.1) is 0 Å². The van der Waals surface area contributed by atoms with Gasteiger partial charge in [0.2, 0.25) is 0 Å². The third kappa shape index (κ3) is 12.9. The molecule has 0 heterocycles. The van der Waals surface area contributed by atoms with Gasteiger partial charge in [-0.1, -0.05) is 134 Å². The van der Waals surface area contributed by atoms with E-state index in [9.17, 15) is 5.11 Å². The summed E-state index contributed by atoms with van der Waals surface area (Å²) < 4.78 is 0. The Morgan fingerprint density at radius 3 is 1.91 bits per heavy atom. The van der Waals surface area contributed by atoms with E-state index in [0.29, 0.717) is 10.7 Å². The maximum Gasteiger partial charge on any atom is 0.186 e. The van der Waals surface area contributed by atoms with Crippen molar-refractivity contribution in [2.75, 3.05) is 6.54 Å². The monoisotopic (exact) mass is 497 g/mol. The van der Waals surface area contributed by atoms with Crippen LogP contribution in [0.2, 0.25) is 0 Å². The van der Waals surface area contributed by atoms with Crippen molar-refractivity contribution < 1.29 is 5.11 Å². The number of hydrazone groups is 1. The zero-order valence-electron chi connectivity index (χ0n) is 21.9. The van der Waals surface area contributed by atoms with Gasteiger partial charge >= 0.3 is 0 Å². The first-order valence-corrected chi connectivity index (χ1v) is 14.4. The molecule has 0 atom stereocenters. The second-order valence-electron chi connectivity index (χ2n) is 9.65. The SMILES string of the molecule is CCCCCCCCCCCCCCCCCCNC(=S)NN=Cc1c(O)ccc2ccccc12. The third-order valence-electron chi connectivity index (χ3n) is 6.62. The van der Waals surface area contributed by atoms with E-state index in [-0.39, 0.29) is 5.75 Å². The average Bonchev–Trinajstić information content (AvgIpc) is 2.87. The van der Waals surface area contributed by atoms with Gasteiger partial charge in [-0.2, -0.15) is 5.10 Å². The number of hydrogen-bond donors (Lipinski definition) is 3. The molecule has 0 aliphatic rings. The fraction of sp³-hybridized carbons (Fsp3) is 0.600. The fourth-order valence-electron chi connectivity index (χ4n) is 4.49. The van der Waals surface area contributed by atoms with Crippen LogP contribution in [0.3, 0.4) is 0 Å². The van der Waals surface area contributed by atoms with Crippen molar-refractivity contribution in [1.82, 2.24) is 10.7 Å². The normalized spacial score (nSPS) is 11.3. The zero-order valence-corrected chi connectivity index (χ0v) is 22.7. The van der Waals surface area contributed by atoms with E-state index in [2.05, 4.69) is 22.8 Å². The molecule has 0 spiro atoms. The van der Waals surface area contributed by atoms with Crippen LogP contribution in [0.4, 0.5) is 0 Å². The maximum atomic E-state index is 10.2. The standard InChI is InChI=1S/C30H47N3OS/c1-2-3-4-5-6-7-8-9-10-11-12-13-14-15-16-19-24-31-30(35)33-32-25-28-27-21-18-17-20-26(27)22-23-29(28)34/h17-18,20-23,25,34H,2-16,19,24H2,1H3,(H2,31,33,35). The van der Waals surface area contributed by atoms with Crippen LogP contribution in [-0.4, -0.2) is 23.0 Å². The van der Waals surface area contributed by atoms with Gasteiger partial charge in [0.15, 0.2) is 5.11 Å². The number of thiocarbonyl (C=S) groups is 1. The minimum atomic E-state index is 0.210. The van der Waals surface area contributed by atoms with Crippen molar-refractivity contribution in [3.63, 3.8) is 0 Å². The topological polar surface area (TPSA) is 56.7 Å². The molecular formula is C30H47N3OS. The van der Waals surface area contributed by atoms with E-state index < -0.39 is 0 Å². The summed E-state index contributed by atoms with van der Waals surface area (Å²) in [6, 6.07) is 11.5. The Hall–Kier alpha value is -2.14. The van der Waals surface area contributed by atoms with Crippen molar-refractivity contribution >= 4 is 34.3 Å². The van der Waals surface area contributed by atoms with Crippen LogP contribution in [0.1, 0.15) is 115 Å². The van der Waals surface area contributed by atoms with Crippen molar-refractivity contribution in [3.05, 3.63) is 42.0 Å². The van der Waals surface area contributed by atoms with Gasteiger partial charge in [-0.25, -0.2) is 0 Å². The molecule has 0 aliphatic heterocycles. The van der Waals surface area contributed by atoms with Crippen LogP contribution >= 0.6 is 12.2 Å². The molecule has 2 aromatic rings. The first-order chi connectivity index (χ1) is 17.2. The highest BCUT2D eigenvalue weighted by atomic mass is 32.1. The molecule has 2 aromatic carbocycles. The largest absolute Gasteiger partial charge is 0.507 e. The number of phenolic OH excluding ortho intramolecular Hbond substituents is 1. The minimum Gasteiger partial charge on any atom is -0.507 e. The number of phenols is 1. The molecule has 35 heavy (non-hydrogen) atoms. The summed E-state index contributed by atoms with van der Waals surface area (Å²) in [6.07, 6.45) is 23.6. The zero-order chi connectivity index (χ0) is 25.0. The van der Waals surface area contributed by atoms with Crippen LogP contribution < -0.4 is 10.7 Å². The molecule has 0 aliphatic carbocycles. The van der Waals surface area contributed by atoms with Gasteiger partial charge in [0.1, 0.15) is 5.75 Å². The van der Waals surface area contributed by atoms with Gasteiger partial charge in [0.25, 0.3) is 0 Å². The number of hydrogen-bond acceptors (Lipinski definition) is 3. The molecule has 0 fully saturated rings. The molecular weight excluding hydrogens is 450 g/mol. The molecule has 0 amide bonds. The van der Waals surface area contributed by atoms with Crippen molar-refractivity contribution in [2.45, 2.75) is 110 Å². The highest BCUT2D eigenvalue weighted by molar-refractivity contribution is 7.80. The lowest BCUT2D eigenvalue weighted by Gasteiger charge is -2.08. The smallest absolute Gasteiger partial charge is 0.186 e. The number of aromatic hydroxyl groups is 1. The number of fused-ring (bicyclic) bond motifs is 1. The lowest BCUT2D eigenvalue weighted by Crippen LogP contribution is -2.32. The van der Waals surface area contributed by atoms with Gasteiger partial charge in [0.05, 0.1) is 6.21 Å². The molecule has 4 nitrogen and oxygen atoms in total. The second kappa shape index (κ2) is 19.1. The number of rotatable bonds is 19. The summed E-state index contributed by atoms with van der Waals surface area (Å²) in [6.45, 7) is 3.14. The molecule has 5 heteroatoms. The van der Waals surface area contributed by atoms with E-state index >= 15 is 0 Å². The van der Waals surface area contributed by atoms with Crippen molar-refractivity contribution in [2.24, 2.45) is 5.10 Å². The summed E-state index contributed by atoms with van der Waals surface area (Å²) in [5, 5.41) is 20.1. The fourth-order valence-corrected chi connectivity index (χ4v) is 4.64. The van der Waals surface area contributed by atoms with Crippen LogP contribution in [0.5, 0.6) is 5.75 Å². The van der Waals surface area contributed by atoms with Crippen molar-refractivity contribution in [3.8, 4) is 5.75 Å². The van der Waals surface area contributed by atoms with E-state index in [1.165, 1.54) is 96.3 Å². The Morgan fingerprint density at radius 2 is 1.31 bits per heavy atom. The third-order valence-corrected chi connectivity index (χ3v) is 6.86. The first-order valence-electron chi connectivity index (χ1n) is 14.0. The van der Waals surface area contributed by atoms with Gasteiger partial charge < -0.3 is 10.4 Å². The maximum absolute atomic E-state index is 10.2. The number of unbranched alkanes of at least 4 members (excludes halogenated alkanes) is 15. The predicted molar refractivity (Wildman–Crippen MR) is 156 cm³/mol. The van der Waals surface area contributed by atoms with E-state index in [1.54, 1.807) is 12.3 Å². The Balaban J connectivity index is 1.41. The van der Waals surface area contributed by atoms with Crippen LogP contribution in [0, 0.1) is 0 Å². The summed E-state index contributed by atoms with van der Waals surface area (Å²) >= 11 is 5.31. The molecule has 0 bridgehead atoms. The van der Waals surface area contributed by atoms with Crippen molar-refractivity contribution in [1.29, 1.82) is 0 Å². The highest BCUT2D eigenvalue weighted by Gasteiger charge is 2.04. The van der Waals surface area contributed by atoms with E-state index in [4.69, 9.17) is 12.2 Å². The number of benzene rings is 2. The molecule has 0 unspecified atom stereocenters. The van der Waals surface area contributed by atoms with Crippen LogP contribution in [0.25, 0.3) is 10.8 Å². The predicted octanol–water partition coefficient (Wildman–Crippen LogP) is 8.60. The highest BCUT2D eigenvalue weighted by Crippen LogP contribution is 2.25. The Kier molecular flexibility index (Phi) is 15.9. The first kappa shape index (κ1) is 29.1. The van der Waals surface area contributed by atoms with Gasteiger partial charge in [0, 0.05) is 12.1 Å². The molecule has 3 N–H and O–H groups in total. The average molecular weight is 498 g/mol. The summed E-state index contributed by atoms with van der Waals surface area (Å²) in [4.78, 5) is 0. The Labute approximate surface area is 219 Å². The molecule has 0 radical (unpaired) electrons. The number of nitrogens with one attached hydrogen (secondary N) is 2. The summed E-state index contributed by atoms with van der Waals surface area (Å²) in [5.41, 5.74) is 3.55. The Bertz CT molecular complexity index is 868. The van der Waals surface area contributed by atoms with Crippen LogP contribution in [-0.2, 0) is 0 Å². The molecule has 0 saturated heterocycles. The lowest BCUT2D eigenvalue weighted by molar-refractivity contribution is 0.475. The Morgan fingerprint density at radius 1 is 0.771 bits per heavy atom. The van der Waals surface area contributed by atoms with E-state index in [0.717, 1.165) is 23.7 Å². The summed E-state index contributed by atoms with van der Waals surface area (Å²) in [5.74, 6) is 0.210. The molecule has 194 valence electrons. The molecule has 0 saturated carbocycles. The second-order valence-corrected chi connectivity index (χ2v) is 10.1. The van der Waals surface area contributed by atoms with E-state index in [1.807, 2.05) is 30.3 Å². The van der Waals surface area contributed by atoms with Gasteiger partial charge in [-0.05, 0) is 35.5 Å². The molecule has 0 aromatic heterocycles. The van der Waals surface area contributed by atoms with Gasteiger partial charge in [-0.3, -0.25) is 5.43 Å². The van der Waals surface area contributed by atoms with Crippen LogP contribution in [0.15, 0.2) is 41.5 Å². The quantitative estimate of drug-likeness (QED) is 0.0787. The lowest BCUT2D eigenvalue weighted by atomic mass is 10.0. The number of nitrogens with zero attached hydrogens (tertiary/aromatic N) is 1. The summed E-state index contributed by atoms with van der Waals surface area (Å²) in [7, 11) is 0. The molecule has 2 rings (SSSR count).